The first-order valence-corrected chi connectivity index (χ1v) is 8.81. The monoisotopic (exact) mass is 369 g/mol. The summed E-state index contributed by atoms with van der Waals surface area (Å²) in [4.78, 5) is 0. The molecule has 3 aromatic rings. The molecular weight excluding hydrogens is 345 g/mol. The van der Waals surface area contributed by atoms with Crippen LogP contribution < -0.4 is 21.1 Å². The van der Waals surface area contributed by atoms with Crippen LogP contribution in [-0.2, 0) is 0 Å². The fourth-order valence-electron chi connectivity index (χ4n) is 2.65. The second-order valence-corrected chi connectivity index (χ2v) is 6.63. The third kappa shape index (κ3) is 4.91. The molecule has 7 heteroatoms. The van der Waals surface area contributed by atoms with E-state index in [4.69, 9.17) is 10.5 Å². The Morgan fingerprint density at radius 2 is 1.81 bits per heavy atom. The minimum atomic E-state index is -0.245. The number of nitrogens with one attached hydrogen (secondary N) is 3. The van der Waals surface area contributed by atoms with Crippen LogP contribution in [0.3, 0.4) is 0 Å². The van der Waals surface area contributed by atoms with Crippen LogP contribution in [-0.4, -0.2) is 16.3 Å². The van der Waals surface area contributed by atoms with Crippen LogP contribution in [0, 0.1) is 5.82 Å². The van der Waals surface area contributed by atoms with Gasteiger partial charge in [0.25, 0.3) is 0 Å². The summed E-state index contributed by atoms with van der Waals surface area (Å²) < 4.78 is 18.6. The van der Waals surface area contributed by atoms with Gasteiger partial charge in [0.15, 0.2) is 0 Å². The van der Waals surface area contributed by atoms with Crippen molar-refractivity contribution in [3.8, 4) is 5.88 Å². The van der Waals surface area contributed by atoms with Gasteiger partial charge in [-0.05, 0) is 56.7 Å². The van der Waals surface area contributed by atoms with Crippen molar-refractivity contribution in [2.24, 2.45) is 0 Å². The number of aromatic amines is 1. The van der Waals surface area contributed by atoms with E-state index >= 15 is 0 Å². The number of aromatic nitrogens is 2. The number of ether oxygens (including phenoxy) is 1. The predicted octanol–water partition coefficient (Wildman–Crippen LogP) is 4.83. The number of halogens is 1. The first kappa shape index (κ1) is 18.6. The van der Waals surface area contributed by atoms with E-state index in [0.717, 1.165) is 16.9 Å². The lowest BCUT2D eigenvalue weighted by atomic mass is 10.1. The maximum Gasteiger partial charge on any atom is 0.234 e. The molecule has 5 N–H and O–H groups in total. The Morgan fingerprint density at radius 1 is 1.07 bits per heavy atom. The SMILES string of the molecule is CC(C)Oc1cc(Nc2cc(N[C@@H](C)c3ccc(F)cc3)ccc2N)[nH]n1. The van der Waals surface area contributed by atoms with Crippen molar-refractivity contribution in [3.63, 3.8) is 0 Å². The topological polar surface area (TPSA) is 88.0 Å². The highest BCUT2D eigenvalue weighted by Gasteiger charge is 2.09. The molecule has 0 spiro atoms. The van der Waals surface area contributed by atoms with Gasteiger partial charge in [0.05, 0.1) is 17.5 Å². The van der Waals surface area contributed by atoms with E-state index < -0.39 is 0 Å². The van der Waals surface area contributed by atoms with E-state index in [0.29, 0.717) is 17.4 Å². The van der Waals surface area contributed by atoms with Gasteiger partial charge in [-0.1, -0.05) is 12.1 Å². The Labute approximate surface area is 157 Å². The first-order chi connectivity index (χ1) is 12.9. The van der Waals surface area contributed by atoms with E-state index in [1.165, 1.54) is 12.1 Å². The van der Waals surface area contributed by atoms with Gasteiger partial charge in [0.1, 0.15) is 11.6 Å². The molecular formula is C20H24FN5O. The number of anilines is 4. The smallest absolute Gasteiger partial charge is 0.234 e. The van der Waals surface area contributed by atoms with E-state index in [1.54, 1.807) is 18.2 Å². The van der Waals surface area contributed by atoms with Crippen molar-refractivity contribution < 1.29 is 9.13 Å². The second kappa shape index (κ2) is 7.99. The van der Waals surface area contributed by atoms with Crippen LogP contribution in [0.4, 0.5) is 27.3 Å². The zero-order chi connectivity index (χ0) is 19.4. The minimum Gasteiger partial charge on any atom is -0.474 e. The molecule has 0 fully saturated rings. The van der Waals surface area contributed by atoms with Crippen LogP contribution in [0.1, 0.15) is 32.4 Å². The Balaban J connectivity index is 1.72. The molecule has 1 aromatic heterocycles. The molecule has 0 aliphatic rings. The number of rotatable bonds is 7. The van der Waals surface area contributed by atoms with Crippen molar-refractivity contribution >= 4 is 22.9 Å². The van der Waals surface area contributed by atoms with Gasteiger partial charge in [-0.15, -0.1) is 5.10 Å². The van der Waals surface area contributed by atoms with Gasteiger partial charge in [0, 0.05) is 17.8 Å². The summed E-state index contributed by atoms with van der Waals surface area (Å²) >= 11 is 0. The number of nitrogen functional groups attached to an aromatic ring is 1. The fourth-order valence-corrected chi connectivity index (χ4v) is 2.65. The summed E-state index contributed by atoms with van der Waals surface area (Å²) in [7, 11) is 0. The van der Waals surface area contributed by atoms with E-state index in [1.807, 2.05) is 39.0 Å². The van der Waals surface area contributed by atoms with Gasteiger partial charge >= 0.3 is 0 Å². The summed E-state index contributed by atoms with van der Waals surface area (Å²) in [5.41, 5.74) is 9.32. The lowest BCUT2D eigenvalue weighted by Gasteiger charge is -2.17. The molecule has 0 amide bonds. The summed E-state index contributed by atoms with van der Waals surface area (Å²) in [6.07, 6.45) is 0.0479. The summed E-state index contributed by atoms with van der Waals surface area (Å²) in [6, 6.07) is 13.9. The Bertz CT molecular complexity index is 892. The van der Waals surface area contributed by atoms with Crippen LogP contribution in [0.2, 0.25) is 0 Å². The zero-order valence-corrected chi connectivity index (χ0v) is 15.6. The highest BCUT2D eigenvalue weighted by molar-refractivity contribution is 5.75. The summed E-state index contributed by atoms with van der Waals surface area (Å²) in [6.45, 7) is 5.90. The molecule has 0 unspecified atom stereocenters. The van der Waals surface area contributed by atoms with Gasteiger partial charge in [-0.2, -0.15) is 0 Å². The minimum absolute atomic E-state index is 0.0141. The number of nitrogens with two attached hydrogens (primary N) is 1. The summed E-state index contributed by atoms with van der Waals surface area (Å²) in [5, 5.41) is 13.6. The van der Waals surface area contributed by atoms with Crippen molar-refractivity contribution in [3.05, 3.63) is 59.9 Å². The molecule has 0 aliphatic heterocycles. The maximum atomic E-state index is 13.1. The number of hydrogen-bond acceptors (Lipinski definition) is 5. The van der Waals surface area contributed by atoms with Gasteiger partial charge < -0.3 is 21.1 Å². The second-order valence-electron chi connectivity index (χ2n) is 6.63. The molecule has 0 radical (unpaired) electrons. The Hall–Kier alpha value is -3.22. The molecule has 2 aromatic carbocycles. The third-order valence-electron chi connectivity index (χ3n) is 3.99. The van der Waals surface area contributed by atoms with Crippen LogP contribution >= 0.6 is 0 Å². The van der Waals surface area contributed by atoms with E-state index in [9.17, 15) is 4.39 Å². The normalized spacial score (nSPS) is 12.0. The molecule has 1 heterocycles. The third-order valence-corrected chi connectivity index (χ3v) is 3.99. The fraction of sp³-hybridized carbons (Fsp3) is 0.250. The number of nitrogens with zero attached hydrogens (tertiary/aromatic N) is 1. The lowest BCUT2D eigenvalue weighted by molar-refractivity contribution is 0.232. The highest BCUT2D eigenvalue weighted by atomic mass is 19.1. The molecule has 6 nitrogen and oxygen atoms in total. The van der Waals surface area contributed by atoms with Crippen LogP contribution in [0.15, 0.2) is 48.5 Å². The largest absolute Gasteiger partial charge is 0.474 e. The van der Waals surface area contributed by atoms with E-state index in [-0.39, 0.29) is 18.0 Å². The van der Waals surface area contributed by atoms with Gasteiger partial charge in [-0.25, -0.2) is 4.39 Å². The number of benzene rings is 2. The van der Waals surface area contributed by atoms with Crippen LogP contribution in [0.5, 0.6) is 5.88 Å². The first-order valence-electron chi connectivity index (χ1n) is 8.81. The van der Waals surface area contributed by atoms with Gasteiger partial charge in [-0.3, -0.25) is 5.10 Å². The van der Waals surface area contributed by atoms with Crippen molar-refractivity contribution in [2.75, 3.05) is 16.4 Å². The highest BCUT2D eigenvalue weighted by Crippen LogP contribution is 2.29. The molecule has 0 aliphatic carbocycles. The zero-order valence-electron chi connectivity index (χ0n) is 15.6. The average molecular weight is 369 g/mol. The number of H-pyrrole nitrogens is 1. The summed E-state index contributed by atoms with van der Waals surface area (Å²) in [5.74, 6) is 0.955. The molecule has 1 atom stereocenters. The average Bonchev–Trinajstić information content (AvgIpc) is 3.04. The number of hydrogen-bond donors (Lipinski definition) is 4. The predicted molar refractivity (Wildman–Crippen MR) is 107 cm³/mol. The standard InChI is InChI=1S/C20H24FN5O/c1-12(2)27-20-11-19(25-26-20)24-18-10-16(8-9-17(18)22)23-13(3)14-4-6-15(21)7-5-14/h4-13,23H,22H2,1-3H3,(H2,24,25,26)/t13-/m0/s1. The molecule has 3 rings (SSSR count). The Kier molecular flexibility index (Phi) is 5.49. The van der Waals surface area contributed by atoms with E-state index in [2.05, 4.69) is 20.8 Å². The molecule has 142 valence electrons. The van der Waals surface area contributed by atoms with Crippen molar-refractivity contribution in [2.45, 2.75) is 32.9 Å². The Morgan fingerprint density at radius 3 is 2.52 bits per heavy atom. The van der Waals surface area contributed by atoms with Crippen molar-refractivity contribution in [1.29, 1.82) is 0 Å². The molecule has 0 bridgehead atoms. The van der Waals surface area contributed by atoms with Gasteiger partial charge in [0.2, 0.25) is 5.88 Å². The molecule has 0 saturated carbocycles. The van der Waals surface area contributed by atoms with Crippen LogP contribution in [0.25, 0.3) is 0 Å². The molecule has 0 saturated heterocycles. The maximum absolute atomic E-state index is 13.1. The van der Waals surface area contributed by atoms with Crippen molar-refractivity contribution in [1.82, 2.24) is 10.2 Å². The lowest BCUT2D eigenvalue weighted by Crippen LogP contribution is -2.07. The molecule has 27 heavy (non-hydrogen) atoms. The quantitative estimate of drug-likeness (QED) is 0.448.